The van der Waals surface area contributed by atoms with Gasteiger partial charge in [0.15, 0.2) is 6.61 Å². The van der Waals surface area contributed by atoms with Crippen LogP contribution < -0.4 is 10.1 Å². The van der Waals surface area contributed by atoms with Gasteiger partial charge in [-0.25, -0.2) is 17.5 Å². The van der Waals surface area contributed by atoms with Crippen molar-refractivity contribution in [2.45, 2.75) is 4.90 Å². The molecule has 0 aliphatic heterocycles. The molecule has 0 spiro atoms. The molecule has 0 heterocycles. The molecular formula is C23H22N2O6S. The van der Waals surface area contributed by atoms with E-state index in [4.69, 9.17) is 9.47 Å². The SMILES string of the molecule is CN(C)S(=O)(=O)c1cccc(C(=O)OCC(=O)Nc2cccc(Oc3ccccc3)c2)c1. The van der Waals surface area contributed by atoms with Crippen LogP contribution >= 0.6 is 0 Å². The molecule has 32 heavy (non-hydrogen) atoms. The highest BCUT2D eigenvalue weighted by molar-refractivity contribution is 7.89. The van der Waals surface area contributed by atoms with E-state index in [9.17, 15) is 18.0 Å². The van der Waals surface area contributed by atoms with Crippen molar-refractivity contribution in [3.05, 3.63) is 84.4 Å². The van der Waals surface area contributed by atoms with Gasteiger partial charge in [-0.2, -0.15) is 0 Å². The molecule has 0 bridgehead atoms. The van der Waals surface area contributed by atoms with Crippen LogP contribution in [-0.4, -0.2) is 45.3 Å². The van der Waals surface area contributed by atoms with Gasteiger partial charge in [0, 0.05) is 25.8 Å². The Morgan fingerprint density at radius 1 is 0.875 bits per heavy atom. The van der Waals surface area contributed by atoms with Crippen molar-refractivity contribution in [2.75, 3.05) is 26.0 Å². The van der Waals surface area contributed by atoms with Crippen molar-refractivity contribution in [2.24, 2.45) is 0 Å². The summed E-state index contributed by atoms with van der Waals surface area (Å²) in [6.07, 6.45) is 0. The zero-order chi connectivity index (χ0) is 23.1. The largest absolute Gasteiger partial charge is 0.457 e. The fourth-order valence-electron chi connectivity index (χ4n) is 2.67. The number of nitrogens with zero attached hydrogens (tertiary/aromatic N) is 1. The summed E-state index contributed by atoms with van der Waals surface area (Å²) >= 11 is 0. The van der Waals surface area contributed by atoms with Gasteiger partial charge >= 0.3 is 5.97 Å². The van der Waals surface area contributed by atoms with E-state index in [-0.39, 0.29) is 10.5 Å². The summed E-state index contributed by atoms with van der Waals surface area (Å²) in [5.41, 5.74) is 0.498. The summed E-state index contributed by atoms with van der Waals surface area (Å²) in [5.74, 6) is -0.169. The molecule has 3 aromatic carbocycles. The quantitative estimate of drug-likeness (QED) is 0.523. The predicted molar refractivity (Wildman–Crippen MR) is 119 cm³/mol. The molecule has 1 N–H and O–H groups in total. The van der Waals surface area contributed by atoms with Crippen LogP contribution in [0, 0.1) is 0 Å². The summed E-state index contributed by atoms with van der Waals surface area (Å²) in [6.45, 7) is -0.534. The Kier molecular flexibility index (Phi) is 7.24. The fourth-order valence-corrected chi connectivity index (χ4v) is 3.62. The molecule has 0 unspecified atom stereocenters. The number of sulfonamides is 1. The van der Waals surface area contributed by atoms with Gasteiger partial charge in [-0.3, -0.25) is 4.79 Å². The highest BCUT2D eigenvalue weighted by Crippen LogP contribution is 2.23. The molecule has 0 aromatic heterocycles. The van der Waals surface area contributed by atoms with Crippen LogP contribution in [-0.2, 0) is 19.6 Å². The van der Waals surface area contributed by atoms with E-state index >= 15 is 0 Å². The van der Waals surface area contributed by atoms with Gasteiger partial charge in [-0.05, 0) is 42.5 Å². The first-order valence-corrected chi connectivity index (χ1v) is 11.0. The van der Waals surface area contributed by atoms with E-state index in [0.717, 1.165) is 4.31 Å². The molecule has 0 aliphatic carbocycles. The monoisotopic (exact) mass is 454 g/mol. The summed E-state index contributed by atoms with van der Waals surface area (Å²) in [7, 11) is -0.910. The highest BCUT2D eigenvalue weighted by Gasteiger charge is 2.19. The van der Waals surface area contributed by atoms with E-state index in [1.807, 2.05) is 30.3 Å². The fraction of sp³-hybridized carbons (Fsp3) is 0.130. The summed E-state index contributed by atoms with van der Waals surface area (Å²) < 4.78 is 36.2. The Labute approximate surface area is 186 Å². The summed E-state index contributed by atoms with van der Waals surface area (Å²) in [5, 5.41) is 2.63. The molecule has 0 saturated carbocycles. The van der Waals surface area contributed by atoms with Crippen molar-refractivity contribution < 1.29 is 27.5 Å². The molecular weight excluding hydrogens is 432 g/mol. The minimum absolute atomic E-state index is 0.0268. The highest BCUT2D eigenvalue weighted by atomic mass is 32.2. The maximum Gasteiger partial charge on any atom is 0.338 e. The van der Waals surface area contributed by atoms with Crippen LogP contribution in [0.2, 0.25) is 0 Å². The Bertz CT molecular complexity index is 1210. The number of nitrogens with one attached hydrogen (secondary N) is 1. The lowest BCUT2D eigenvalue weighted by Gasteiger charge is -2.12. The molecule has 0 atom stereocenters. The zero-order valence-corrected chi connectivity index (χ0v) is 18.3. The summed E-state index contributed by atoms with van der Waals surface area (Å²) in [4.78, 5) is 24.4. The third-order valence-electron chi connectivity index (χ3n) is 4.28. The van der Waals surface area contributed by atoms with Crippen molar-refractivity contribution >= 4 is 27.6 Å². The second-order valence-electron chi connectivity index (χ2n) is 6.88. The average Bonchev–Trinajstić information content (AvgIpc) is 2.78. The number of anilines is 1. The number of esters is 1. The van der Waals surface area contributed by atoms with Crippen LogP contribution in [0.3, 0.4) is 0 Å². The second kappa shape index (κ2) is 10.1. The van der Waals surface area contributed by atoms with Crippen molar-refractivity contribution in [1.29, 1.82) is 0 Å². The number of amides is 1. The third kappa shape index (κ3) is 5.93. The molecule has 3 rings (SSSR count). The Balaban J connectivity index is 1.58. The van der Waals surface area contributed by atoms with Gasteiger partial charge in [0.2, 0.25) is 10.0 Å². The minimum Gasteiger partial charge on any atom is -0.457 e. The van der Waals surface area contributed by atoms with Gasteiger partial charge in [0.25, 0.3) is 5.91 Å². The number of rotatable bonds is 8. The van der Waals surface area contributed by atoms with Crippen molar-refractivity contribution in [3.63, 3.8) is 0 Å². The number of benzene rings is 3. The summed E-state index contributed by atoms with van der Waals surface area (Å²) in [6, 6.07) is 21.4. The first-order valence-electron chi connectivity index (χ1n) is 9.58. The van der Waals surface area contributed by atoms with Crippen LogP contribution in [0.4, 0.5) is 5.69 Å². The molecule has 3 aromatic rings. The topological polar surface area (TPSA) is 102 Å². The predicted octanol–water partition coefficient (Wildman–Crippen LogP) is 3.52. The smallest absolute Gasteiger partial charge is 0.338 e. The van der Waals surface area contributed by atoms with Crippen LogP contribution in [0.5, 0.6) is 11.5 Å². The van der Waals surface area contributed by atoms with E-state index in [2.05, 4.69) is 5.32 Å². The number of hydrogen-bond acceptors (Lipinski definition) is 6. The molecule has 0 saturated heterocycles. The molecule has 9 heteroatoms. The first kappa shape index (κ1) is 23.0. The standard InChI is InChI=1S/C23H22N2O6S/c1-25(2)32(28,29)21-13-6-8-17(14-21)23(27)30-16-22(26)24-18-9-7-12-20(15-18)31-19-10-4-3-5-11-19/h3-15H,16H2,1-2H3,(H,24,26). The van der Waals surface area contributed by atoms with E-state index in [0.29, 0.717) is 17.2 Å². The lowest BCUT2D eigenvalue weighted by Crippen LogP contribution is -2.23. The lowest BCUT2D eigenvalue weighted by atomic mass is 10.2. The van der Waals surface area contributed by atoms with Gasteiger partial charge in [-0.1, -0.05) is 30.3 Å². The van der Waals surface area contributed by atoms with Crippen molar-refractivity contribution in [3.8, 4) is 11.5 Å². The van der Waals surface area contributed by atoms with Gasteiger partial charge in [0.1, 0.15) is 11.5 Å². The van der Waals surface area contributed by atoms with E-state index < -0.39 is 28.5 Å². The minimum atomic E-state index is -3.70. The van der Waals surface area contributed by atoms with Gasteiger partial charge in [-0.15, -0.1) is 0 Å². The van der Waals surface area contributed by atoms with E-state index in [1.165, 1.54) is 38.4 Å². The van der Waals surface area contributed by atoms with Crippen LogP contribution in [0.25, 0.3) is 0 Å². The normalized spacial score (nSPS) is 11.1. The van der Waals surface area contributed by atoms with Crippen LogP contribution in [0.15, 0.2) is 83.8 Å². The van der Waals surface area contributed by atoms with E-state index in [1.54, 1.807) is 24.3 Å². The number of para-hydroxylation sites is 1. The lowest BCUT2D eigenvalue weighted by molar-refractivity contribution is -0.119. The number of carbonyl (C=O) groups is 2. The maximum atomic E-state index is 12.3. The molecule has 1 amide bonds. The molecule has 0 fully saturated rings. The molecule has 8 nitrogen and oxygen atoms in total. The molecule has 166 valence electrons. The Morgan fingerprint density at radius 3 is 2.28 bits per heavy atom. The molecule has 0 aliphatic rings. The van der Waals surface area contributed by atoms with Crippen molar-refractivity contribution in [1.82, 2.24) is 4.31 Å². The number of hydrogen-bond donors (Lipinski definition) is 1. The maximum absolute atomic E-state index is 12.3. The second-order valence-corrected chi connectivity index (χ2v) is 9.03. The zero-order valence-electron chi connectivity index (χ0n) is 17.5. The number of carbonyl (C=O) groups excluding carboxylic acids is 2. The average molecular weight is 455 g/mol. The Hall–Kier alpha value is -3.69. The number of ether oxygens (including phenoxy) is 2. The Morgan fingerprint density at radius 2 is 1.56 bits per heavy atom. The van der Waals surface area contributed by atoms with Gasteiger partial charge in [0.05, 0.1) is 10.5 Å². The van der Waals surface area contributed by atoms with Crippen LogP contribution in [0.1, 0.15) is 10.4 Å². The third-order valence-corrected chi connectivity index (χ3v) is 6.09. The van der Waals surface area contributed by atoms with Gasteiger partial charge < -0.3 is 14.8 Å². The first-order chi connectivity index (χ1) is 15.3. The molecule has 0 radical (unpaired) electrons.